The van der Waals surface area contributed by atoms with Crippen molar-refractivity contribution in [2.75, 3.05) is 6.61 Å². The van der Waals surface area contributed by atoms with Crippen molar-refractivity contribution in [1.82, 2.24) is 5.32 Å². The minimum Gasteiger partial charge on any atom is -0.486 e. The van der Waals surface area contributed by atoms with Gasteiger partial charge in [0.1, 0.15) is 12.4 Å². The first-order valence-electron chi connectivity index (χ1n) is 10.2. The zero-order valence-corrected chi connectivity index (χ0v) is 15.9. The molecule has 0 saturated heterocycles. The second kappa shape index (κ2) is 8.58. The molecule has 2 fully saturated rings. The van der Waals surface area contributed by atoms with E-state index in [4.69, 9.17) is 4.74 Å². The Labute approximate surface area is 164 Å². The van der Waals surface area contributed by atoms with Gasteiger partial charge in [0.25, 0.3) is 0 Å². The van der Waals surface area contributed by atoms with Crippen LogP contribution in [-0.2, 0) is 6.61 Å². The number of rotatable bonds is 7. The molecule has 5 heteroatoms. The summed E-state index contributed by atoms with van der Waals surface area (Å²) in [7, 11) is 0. The van der Waals surface area contributed by atoms with E-state index >= 15 is 0 Å². The molecule has 0 unspecified atom stereocenters. The Bertz CT molecular complexity index is 791. The summed E-state index contributed by atoms with van der Waals surface area (Å²) in [5, 5.41) is 12.9. The first kappa shape index (κ1) is 19.3. The highest BCUT2D eigenvalue weighted by atomic mass is 19.1. The molecule has 0 bridgehead atoms. The van der Waals surface area contributed by atoms with Crippen molar-refractivity contribution in [3.63, 3.8) is 0 Å². The molecular formula is C23H27F2NO2. The molecule has 2 saturated carbocycles. The van der Waals surface area contributed by atoms with E-state index in [1.165, 1.54) is 6.07 Å². The van der Waals surface area contributed by atoms with E-state index in [0.29, 0.717) is 17.5 Å². The van der Waals surface area contributed by atoms with Crippen molar-refractivity contribution in [2.45, 2.75) is 56.7 Å². The molecule has 0 aliphatic heterocycles. The van der Waals surface area contributed by atoms with E-state index < -0.39 is 11.6 Å². The number of hydrogen-bond donors (Lipinski definition) is 2. The highest BCUT2D eigenvalue weighted by Gasteiger charge is 2.42. The molecule has 150 valence electrons. The van der Waals surface area contributed by atoms with Gasteiger partial charge in [-0.1, -0.05) is 30.3 Å². The zero-order chi connectivity index (χ0) is 19.5. The van der Waals surface area contributed by atoms with Gasteiger partial charge in [0, 0.05) is 36.2 Å². The summed E-state index contributed by atoms with van der Waals surface area (Å²) < 4.78 is 34.1. The van der Waals surface area contributed by atoms with Crippen LogP contribution in [0.2, 0.25) is 0 Å². The number of aliphatic hydroxyl groups is 1. The number of benzene rings is 2. The molecule has 0 heterocycles. The van der Waals surface area contributed by atoms with Crippen molar-refractivity contribution in [1.29, 1.82) is 0 Å². The molecule has 4 rings (SSSR count). The molecule has 28 heavy (non-hydrogen) atoms. The minimum atomic E-state index is -0.639. The second-order valence-corrected chi connectivity index (χ2v) is 8.10. The fourth-order valence-corrected chi connectivity index (χ4v) is 4.28. The molecule has 3 nitrogen and oxygen atoms in total. The monoisotopic (exact) mass is 387 g/mol. The lowest BCUT2D eigenvalue weighted by atomic mass is 9.86. The molecular weight excluding hydrogens is 360 g/mol. The summed E-state index contributed by atoms with van der Waals surface area (Å²) >= 11 is 0. The molecule has 2 aliphatic rings. The van der Waals surface area contributed by atoms with E-state index in [9.17, 15) is 13.9 Å². The van der Waals surface area contributed by atoms with Gasteiger partial charge in [0.15, 0.2) is 11.6 Å². The Morgan fingerprint density at radius 1 is 1.04 bits per heavy atom. The van der Waals surface area contributed by atoms with Crippen LogP contribution in [0.1, 0.15) is 49.1 Å². The quantitative estimate of drug-likeness (QED) is 0.733. The maximum absolute atomic E-state index is 14.5. The van der Waals surface area contributed by atoms with Crippen LogP contribution in [0, 0.1) is 17.6 Å². The highest BCUT2D eigenvalue weighted by molar-refractivity contribution is 5.42. The fourth-order valence-electron chi connectivity index (χ4n) is 4.28. The standard InChI is InChI=1S/C23H27F2NO2/c24-17-10-20(19-12-22(19)26-18-8-6-15(13-27)7-9-18)23(21(25)11-17)28-14-16-4-2-1-3-5-16/h1-5,10-11,15,18-19,22,26-27H,6-9,12-14H2/t15?,18?,19-,22+/m0/s1. The Hall–Kier alpha value is -1.98. The Morgan fingerprint density at radius 2 is 1.79 bits per heavy atom. The maximum Gasteiger partial charge on any atom is 0.168 e. The van der Waals surface area contributed by atoms with E-state index in [1.807, 2.05) is 30.3 Å². The molecule has 2 N–H and O–H groups in total. The van der Waals surface area contributed by atoms with Crippen LogP contribution in [0.4, 0.5) is 8.78 Å². The summed E-state index contributed by atoms with van der Waals surface area (Å²) in [6.07, 6.45) is 5.02. The van der Waals surface area contributed by atoms with Crippen molar-refractivity contribution in [2.24, 2.45) is 5.92 Å². The first-order valence-corrected chi connectivity index (χ1v) is 10.2. The molecule has 2 atom stereocenters. The first-order chi connectivity index (χ1) is 13.6. The summed E-state index contributed by atoms with van der Waals surface area (Å²) in [4.78, 5) is 0. The van der Waals surface area contributed by atoms with Crippen LogP contribution < -0.4 is 10.1 Å². The molecule has 0 radical (unpaired) electrons. The van der Waals surface area contributed by atoms with E-state index in [0.717, 1.165) is 43.7 Å². The smallest absolute Gasteiger partial charge is 0.168 e. The number of aliphatic hydroxyl groups excluding tert-OH is 1. The van der Waals surface area contributed by atoms with Gasteiger partial charge in [-0.25, -0.2) is 8.78 Å². The fraction of sp³-hybridized carbons (Fsp3) is 0.478. The van der Waals surface area contributed by atoms with E-state index in [1.54, 1.807) is 0 Å². The summed E-state index contributed by atoms with van der Waals surface area (Å²) in [5.41, 5.74) is 1.57. The van der Waals surface area contributed by atoms with Crippen molar-refractivity contribution < 1.29 is 18.6 Å². The van der Waals surface area contributed by atoms with Crippen molar-refractivity contribution in [3.8, 4) is 5.75 Å². The normalized spacial score (nSPS) is 26.8. The number of hydrogen-bond acceptors (Lipinski definition) is 3. The van der Waals surface area contributed by atoms with Crippen LogP contribution in [0.25, 0.3) is 0 Å². The van der Waals surface area contributed by atoms with Gasteiger partial charge < -0.3 is 15.2 Å². The SMILES string of the molecule is OCC1CCC(N[C@@H]2C[C@H]2c2cc(F)cc(F)c2OCc2ccccc2)CC1. The molecule has 2 aromatic carbocycles. The van der Waals surface area contributed by atoms with Gasteiger partial charge in [-0.2, -0.15) is 0 Å². The lowest BCUT2D eigenvalue weighted by Gasteiger charge is -2.28. The summed E-state index contributed by atoms with van der Waals surface area (Å²) in [6.45, 7) is 0.524. The molecule has 0 aromatic heterocycles. The van der Waals surface area contributed by atoms with Gasteiger partial charge in [-0.15, -0.1) is 0 Å². The van der Waals surface area contributed by atoms with Crippen LogP contribution in [0.15, 0.2) is 42.5 Å². The lowest BCUT2D eigenvalue weighted by molar-refractivity contribution is 0.175. The molecule has 2 aliphatic carbocycles. The Kier molecular flexibility index (Phi) is 5.93. The van der Waals surface area contributed by atoms with Crippen LogP contribution in [-0.4, -0.2) is 23.8 Å². The third-order valence-electron chi connectivity index (χ3n) is 6.01. The van der Waals surface area contributed by atoms with E-state index in [-0.39, 0.29) is 30.9 Å². The van der Waals surface area contributed by atoms with E-state index in [2.05, 4.69) is 5.32 Å². The third-order valence-corrected chi connectivity index (χ3v) is 6.01. The largest absolute Gasteiger partial charge is 0.486 e. The van der Waals surface area contributed by atoms with Gasteiger partial charge in [-0.05, 0) is 49.7 Å². The third kappa shape index (κ3) is 4.53. The van der Waals surface area contributed by atoms with Crippen LogP contribution >= 0.6 is 0 Å². The average molecular weight is 387 g/mol. The minimum absolute atomic E-state index is 0.0755. The average Bonchev–Trinajstić information content (AvgIpc) is 3.47. The molecule has 0 spiro atoms. The summed E-state index contributed by atoms with van der Waals surface area (Å²) in [6, 6.07) is 12.5. The van der Waals surface area contributed by atoms with Crippen molar-refractivity contribution >= 4 is 0 Å². The van der Waals surface area contributed by atoms with Gasteiger partial charge >= 0.3 is 0 Å². The second-order valence-electron chi connectivity index (χ2n) is 8.10. The van der Waals surface area contributed by atoms with Gasteiger partial charge in [-0.3, -0.25) is 0 Å². The summed E-state index contributed by atoms with van der Waals surface area (Å²) in [5.74, 6) is -0.535. The number of halogens is 2. The van der Waals surface area contributed by atoms with Crippen LogP contribution in [0.5, 0.6) is 5.75 Å². The highest BCUT2D eigenvalue weighted by Crippen LogP contribution is 2.47. The van der Waals surface area contributed by atoms with Crippen molar-refractivity contribution in [3.05, 3.63) is 65.2 Å². The Balaban J connectivity index is 1.41. The predicted molar refractivity (Wildman–Crippen MR) is 104 cm³/mol. The molecule has 2 aromatic rings. The van der Waals surface area contributed by atoms with Crippen LogP contribution in [0.3, 0.4) is 0 Å². The number of ether oxygens (including phenoxy) is 1. The lowest BCUT2D eigenvalue weighted by Crippen LogP contribution is -2.35. The maximum atomic E-state index is 14.5. The van der Waals surface area contributed by atoms with Gasteiger partial charge in [0.2, 0.25) is 0 Å². The van der Waals surface area contributed by atoms with Gasteiger partial charge in [0.05, 0.1) is 0 Å². The number of nitrogens with one attached hydrogen (secondary N) is 1. The zero-order valence-electron chi connectivity index (χ0n) is 15.9. The molecule has 0 amide bonds. The Morgan fingerprint density at radius 3 is 2.50 bits per heavy atom. The topological polar surface area (TPSA) is 41.5 Å². The predicted octanol–water partition coefficient (Wildman–Crippen LogP) is 4.54.